The average molecular weight is 463 g/mol. The zero-order chi connectivity index (χ0) is 23.0. The number of piperazine rings is 1. The Hall–Kier alpha value is -3.18. The van der Waals surface area contributed by atoms with Crippen molar-refractivity contribution in [3.8, 4) is 5.75 Å². The van der Waals surface area contributed by atoms with E-state index in [0.717, 1.165) is 0 Å². The Bertz CT molecular complexity index is 1340. The number of aromatic nitrogens is 2. The molecular weight excluding hydrogens is 439 g/mol. The summed E-state index contributed by atoms with van der Waals surface area (Å²) in [6, 6.07) is 10.4. The molecule has 1 amide bonds. The van der Waals surface area contributed by atoms with Crippen LogP contribution in [0.2, 0.25) is 0 Å². The van der Waals surface area contributed by atoms with Crippen LogP contribution in [0, 0.1) is 5.82 Å². The fourth-order valence-corrected chi connectivity index (χ4v) is 5.21. The number of fused-ring (bicyclic) bond motifs is 1. The molecule has 3 aromatic rings. The van der Waals surface area contributed by atoms with Crippen LogP contribution in [0.3, 0.4) is 0 Å². The van der Waals surface area contributed by atoms with Crippen molar-refractivity contribution < 1.29 is 22.3 Å². The number of para-hydroxylation sites is 1. The van der Waals surface area contributed by atoms with Crippen LogP contribution in [-0.2, 0) is 28.9 Å². The highest BCUT2D eigenvalue weighted by atomic mass is 32.2. The van der Waals surface area contributed by atoms with Crippen molar-refractivity contribution in [1.82, 2.24) is 18.3 Å². The molecule has 2 heterocycles. The van der Waals surface area contributed by atoms with E-state index in [0.29, 0.717) is 11.0 Å². The molecule has 1 aliphatic heterocycles. The first-order chi connectivity index (χ1) is 15.2. The minimum atomic E-state index is -3.79. The SMILES string of the molecule is Cn1c(=O)n(C)c2cc(S(=O)(=O)N3CCN(C(=O)COc4ccccc4F)CC3)ccc21. The van der Waals surface area contributed by atoms with Crippen molar-refractivity contribution in [2.45, 2.75) is 4.90 Å². The highest BCUT2D eigenvalue weighted by molar-refractivity contribution is 7.89. The second-order valence-electron chi connectivity index (χ2n) is 7.56. The molecule has 1 saturated heterocycles. The number of benzene rings is 2. The molecule has 11 heteroatoms. The molecule has 9 nitrogen and oxygen atoms in total. The van der Waals surface area contributed by atoms with Gasteiger partial charge in [0.2, 0.25) is 10.0 Å². The standard InChI is InChI=1S/C21H23FN4O5S/c1-23-17-8-7-15(13-18(17)24(2)21(23)28)32(29,30)26-11-9-25(10-12-26)20(27)14-31-19-6-4-3-5-16(19)22/h3-8,13H,9-12,14H2,1-2H3. The third-order valence-corrected chi connectivity index (χ3v) is 7.56. The second-order valence-corrected chi connectivity index (χ2v) is 9.49. The average Bonchev–Trinajstić information content (AvgIpc) is 3.02. The Balaban J connectivity index is 1.42. The van der Waals surface area contributed by atoms with Crippen molar-refractivity contribution in [2.24, 2.45) is 14.1 Å². The number of hydrogen-bond donors (Lipinski definition) is 0. The summed E-state index contributed by atoms with van der Waals surface area (Å²) in [7, 11) is -0.572. The van der Waals surface area contributed by atoms with Gasteiger partial charge < -0.3 is 9.64 Å². The predicted octanol–water partition coefficient (Wildman–Crippen LogP) is 0.928. The summed E-state index contributed by atoms with van der Waals surface area (Å²) in [6.07, 6.45) is 0. The van der Waals surface area contributed by atoms with Crippen LogP contribution in [0.25, 0.3) is 11.0 Å². The third kappa shape index (κ3) is 3.89. The molecule has 170 valence electrons. The number of nitrogens with zero attached hydrogens (tertiary/aromatic N) is 4. The molecule has 0 radical (unpaired) electrons. The number of carbonyl (C=O) groups excluding carboxylic acids is 1. The smallest absolute Gasteiger partial charge is 0.328 e. The van der Waals surface area contributed by atoms with Gasteiger partial charge in [0, 0.05) is 40.3 Å². The number of rotatable bonds is 5. The molecule has 1 aromatic heterocycles. The molecule has 4 rings (SSSR count). The van der Waals surface area contributed by atoms with E-state index in [4.69, 9.17) is 4.74 Å². The number of hydrogen-bond acceptors (Lipinski definition) is 5. The third-order valence-electron chi connectivity index (χ3n) is 5.66. The molecule has 0 aliphatic carbocycles. The van der Waals surface area contributed by atoms with E-state index in [2.05, 4.69) is 0 Å². The molecule has 0 bridgehead atoms. The van der Waals surface area contributed by atoms with E-state index < -0.39 is 15.8 Å². The van der Waals surface area contributed by atoms with Crippen molar-refractivity contribution in [2.75, 3.05) is 32.8 Å². The van der Waals surface area contributed by atoms with Gasteiger partial charge in [0.05, 0.1) is 15.9 Å². The largest absolute Gasteiger partial charge is 0.481 e. The van der Waals surface area contributed by atoms with Gasteiger partial charge in [-0.1, -0.05) is 12.1 Å². The first kappa shape index (κ1) is 22.0. The molecule has 0 saturated carbocycles. The molecule has 0 atom stereocenters. The number of imidazole rings is 1. The number of carbonyl (C=O) groups is 1. The summed E-state index contributed by atoms with van der Waals surface area (Å²) >= 11 is 0. The molecule has 2 aromatic carbocycles. The maximum Gasteiger partial charge on any atom is 0.328 e. The predicted molar refractivity (Wildman–Crippen MR) is 115 cm³/mol. The number of halogens is 1. The lowest BCUT2D eigenvalue weighted by molar-refractivity contribution is -0.134. The van der Waals surface area contributed by atoms with Gasteiger partial charge in [-0.2, -0.15) is 4.31 Å². The maximum atomic E-state index is 13.6. The Morgan fingerprint density at radius 1 is 1.00 bits per heavy atom. The molecule has 0 spiro atoms. The fourth-order valence-electron chi connectivity index (χ4n) is 3.77. The van der Waals surface area contributed by atoms with Crippen LogP contribution in [-0.4, -0.2) is 65.5 Å². The quantitative estimate of drug-likeness (QED) is 0.562. The lowest BCUT2D eigenvalue weighted by atomic mass is 10.3. The van der Waals surface area contributed by atoms with Crippen LogP contribution in [0.15, 0.2) is 52.2 Å². The summed E-state index contributed by atoms with van der Waals surface area (Å²) in [5.74, 6) is -0.900. The van der Waals surface area contributed by atoms with Crippen LogP contribution >= 0.6 is 0 Å². The molecule has 1 aliphatic rings. The summed E-state index contributed by atoms with van der Waals surface area (Å²) in [5, 5.41) is 0. The topological polar surface area (TPSA) is 93.9 Å². The van der Waals surface area contributed by atoms with Crippen molar-refractivity contribution >= 4 is 27.0 Å². The second kappa shape index (κ2) is 8.40. The van der Waals surface area contributed by atoms with Crippen LogP contribution in [0.1, 0.15) is 0 Å². The minimum absolute atomic E-state index is 0.00670. The number of aryl methyl sites for hydroxylation is 2. The van der Waals surface area contributed by atoms with Gasteiger partial charge in [-0.3, -0.25) is 13.9 Å². The minimum Gasteiger partial charge on any atom is -0.481 e. The summed E-state index contributed by atoms with van der Waals surface area (Å²) in [5.41, 5.74) is 0.929. The molecule has 1 fully saturated rings. The number of amides is 1. The Kier molecular flexibility index (Phi) is 5.78. The van der Waals surface area contributed by atoms with E-state index in [-0.39, 0.29) is 55.0 Å². The molecule has 0 unspecified atom stereocenters. The first-order valence-electron chi connectivity index (χ1n) is 10.0. The summed E-state index contributed by atoms with van der Waals surface area (Å²) in [6.45, 7) is 0.320. The monoisotopic (exact) mass is 462 g/mol. The van der Waals surface area contributed by atoms with Gasteiger partial charge in [-0.15, -0.1) is 0 Å². The zero-order valence-electron chi connectivity index (χ0n) is 17.7. The van der Waals surface area contributed by atoms with Gasteiger partial charge in [0.1, 0.15) is 0 Å². The zero-order valence-corrected chi connectivity index (χ0v) is 18.5. The van der Waals surface area contributed by atoms with Gasteiger partial charge in [0.25, 0.3) is 5.91 Å². The van der Waals surface area contributed by atoms with Crippen molar-refractivity contribution in [1.29, 1.82) is 0 Å². The summed E-state index contributed by atoms with van der Waals surface area (Å²) < 4.78 is 49.3. The Morgan fingerprint density at radius 2 is 1.66 bits per heavy atom. The lowest BCUT2D eigenvalue weighted by Gasteiger charge is -2.34. The van der Waals surface area contributed by atoms with E-state index in [1.807, 2.05) is 0 Å². The van der Waals surface area contributed by atoms with E-state index in [1.165, 1.54) is 48.7 Å². The summed E-state index contributed by atoms with van der Waals surface area (Å²) in [4.78, 5) is 26.1. The van der Waals surface area contributed by atoms with Crippen LogP contribution in [0.4, 0.5) is 4.39 Å². The van der Waals surface area contributed by atoms with E-state index in [1.54, 1.807) is 26.2 Å². The highest BCUT2D eigenvalue weighted by Crippen LogP contribution is 2.22. The lowest BCUT2D eigenvalue weighted by Crippen LogP contribution is -2.51. The number of ether oxygens (including phenoxy) is 1. The van der Waals surface area contributed by atoms with Crippen molar-refractivity contribution in [3.63, 3.8) is 0 Å². The van der Waals surface area contributed by atoms with Crippen molar-refractivity contribution in [3.05, 3.63) is 58.8 Å². The highest BCUT2D eigenvalue weighted by Gasteiger charge is 2.30. The molecule has 0 N–H and O–H groups in total. The van der Waals surface area contributed by atoms with Gasteiger partial charge in [-0.25, -0.2) is 17.6 Å². The normalized spacial score (nSPS) is 15.3. The van der Waals surface area contributed by atoms with E-state index >= 15 is 0 Å². The molecule has 32 heavy (non-hydrogen) atoms. The number of sulfonamides is 1. The molecular formula is C21H23FN4O5S. The fraction of sp³-hybridized carbons (Fsp3) is 0.333. The van der Waals surface area contributed by atoms with Gasteiger partial charge in [0.15, 0.2) is 18.2 Å². The maximum absolute atomic E-state index is 13.6. The van der Waals surface area contributed by atoms with E-state index in [9.17, 15) is 22.4 Å². The van der Waals surface area contributed by atoms with Gasteiger partial charge in [-0.05, 0) is 30.3 Å². The van der Waals surface area contributed by atoms with Crippen LogP contribution < -0.4 is 10.4 Å². The Labute approximate surface area is 184 Å². The first-order valence-corrected chi connectivity index (χ1v) is 11.4. The van der Waals surface area contributed by atoms with Crippen LogP contribution in [0.5, 0.6) is 5.75 Å². The van der Waals surface area contributed by atoms with Gasteiger partial charge >= 0.3 is 5.69 Å². The Morgan fingerprint density at radius 3 is 2.34 bits per heavy atom.